The van der Waals surface area contributed by atoms with E-state index in [1.807, 2.05) is 13.8 Å². The number of esters is 3. The first-order valence-corrected chi connectivity index (χ1v) is 35.4. The van der Waals surface area contributed by atoms with Gasteiger partial charge in [-0.1, -0.05) is 367 Å². The van der Waals surface area contributed by atoms with Gasteiger partial charge in [0.15, 0.2) is 0 Å². The van der Waals surface area contributed by atoms with Gasteiger partial charge in [-0.2, -0.15) is 0 Å². The Morgan fingerprint density at radius 3 is 0.597 bits per heavy atom. The summed E-state index contributed by atoms with van der Waals surface area (Å²) in [4.78, 5) is 35.5. The standard InChI is InChI=1S/C47H92O4.C24H48O2/c1-4-6-8-10-12-14-16-18-20-22-24-26-28-30-32-34-36-38-40-42-46(48)50-44-45(3)51-47(49)43-41-39-37-35-33-31-29-27-25-23-21-19-17-15-13-11-9-7-5-2;1-3-5-6-7-8-9-10-11-12-13-14-15-16-17-18-19-20-21-22-23-24(25)26-4-2/h45H,4-44H2,1-3H3;3-23H2,1-2H3. The molecule has 0 aromatic heterocycles. The predicted octanol–water partition coefficient (Wildman–Crippen LogP) is 24.5. The van der Waals surface area contributed by atoms with Crippen LogP contribution in [0.3, 0.4) is 0 Å². The van der Waals surface area contributed by atoms with Crippen molar-refractivity contribution in [3.05, 3.63) is 0 Å². The molecule has 0 aliphatic carbocycles. The van der Waals surface area contributed by atoms with Crippen molar-refractivity contribution in [3.8, 4) is 0 Å². The molecule has 0 aliphatic heterocycles. The van der Waals surface area contributed by atoms with Crippen molar-refractivity contribution in [1.29, 1.82) is 0 Å². The molecule has 0 radical (unpaired) electrons. The predicted molar refractivity (Wildman–Crippen MR) is 337 cm³/mol. The summed E-state index contributed by atoms with van der Waals surface area (Å²) in [5.74, 6) is -0.354. The molecule has 0 saturated heterocycles. The fourth-order valence-corrected chi connectivity index (χ4v) is 10.9. The van der Waals surface area contributed by atoms with E-state index in [1.54, 1.807) is 0 Å². The van der Waals surface area contributed by atoms with E-state index in [4.69, 9.17) is 14.2 Å². The van der Waals surface area contributed by atoms with Crippen LogP contribution >= 0.6 is 0 Å². The van der Waals surface area contributed by atoms with E-state index in [-0.39, 0.29) is 30.6 Å². The average molecular weight is 1090 g/mol. The van der Waals surface area contributed by atoms with Gasteiger partial charge in [-0.05, 0) is 33.1 Å². The number of carbonyl (C=O) groups is 3. The summed E-state index contributed by atoms with van der Waals surface area (Å²) in [6.07, 6.45) is 78.7. The lowest BCUT2D eigenvalue weighted by molar-refractivity contribution is -0.158. The van der Waals surface area contributed by atoms with Gasteiger partial charge in [-0.3, -0.25) is 14.4 Å². The lowest BCUT2D eigenvalue weighted by Gasteiger charge is -2.13. The van der Waals surface area contributed by atoms with Gasteiger partial charge in [0.2, 0.25) is 0 Å². The Hall–Kier alpha value is -1.59. The smallest absolute Gasteiger partial charge is 0.306 e. The quantitative estimate of drug-likeness (QED) is 0.0343. The number of hydrogen-bond donors (Lipinski definition) is 0. The minimum absolute atomic E-state index is 0.0283. The second kappa shape index (κ2) is 70.5. The van der Waals surface area contributed by atoms with Crippen LogP contribution in [0.2, 0.25) is 0 Å². The van der Waals surface area contributed by atoms with Crippen LogP contribution < -0.4 is 0 Å². The average Bonchev–Trinajstić information content (AvgIpc) is 3.42. The maximum absolute atomic E-state index is 12.2. The topological polar surface area (TPSA) is 78.9 Å². The van der Waals surface area contributed by atoms with Gasteiger partial charge in [0.1, 0.15) is 12.7 Å². The van der Waals surface area contributed by atoms with Gasteiger partial charge in [-0.25, -0.2) is 0 Å². The van der Waals surface area contributed by atoms with Crippen LogP contribution in [-0.4, -0.2) is 37.2 Å². The highest BCUT2D eigenvalue weighted by atomic mass is 16.6. The van der Waals surface area contributed by atoms with E-state index in [2.05, 4.69) is 20.8 Å². The maximum Gasteiger partial charge on any atom is 0.306 e. The van der Waals surface area contributed by atoms with E-state index in [9.17, 15) is 14.4 Å². The first-order valence-electron chi connectivity index (χ1n) is 35.4. The summed E-state index contributed by atoms with van der Waals surface area (Å²) in [6, 6.07) is 0. The molecule has 0 spiro atoms. The minimum atomic E-state index is -0.369. The van der Waals surface area contributed by atoms with Crippen LogP contribution in [0.15, 0.2) is 0 Å². The molecule has 0 bridgehead atoms. The first kappa shape index (κ1) is 77.5. The molecule has 460 valence electrons. The Morgan fingerprint density at radius 2 is 0.403 bits per heavy atom. The molecule has 6 nitrogen and oxygen atoms in total. The Bertz CT molecular complexity index is 1120. The second-order valence-electron chi connectivity index (χ2n) is 24.1. The molecular formula is C71H140O6. The molecule has 0 aromatic rings. The third-order valence-corrected chi connectivity index (χ3v) is 16.1. The highest BCUT2D eigenvalue weighted by Gasteiger charge is 2.12. The number of ether oxygens (including phenoxy) is 3. The third-order valence-electron chi connectivity index (χ3n) is 16.1. The molecule has 0 N–H and O–H groups in total. The van der Waals surface area contributed by atoms with Crippen LogP contribution in [0.25, 0.3) is 0 Å². The van der Waals surface area contributed by atoms with Crippen molar-refractivity contribution in [2.45, 2.75) is 426 Å². The maximum atomic E-state index is 12.2. The Labute approximate surface area is 483 Å². The molecule has 0 rings (SSSR count). The van der Waals surface area contributed by atoms with Gasteiger partial charge in [0.25, 0.3) is 0 Å². The fourth-order valence-electron chi connectivity index (χ4n) is 10.9. The van der Waals surface area contributed by atoms with Crippen LogP contribution in [0.1, 0.15) is 420 Å². The van der Waals surface area contributed by atoms with Crippen molar-refractivity contribution in [2.75, 3.05) is 13.2 Å². The van der Waals surface area contributed by atoms with Crippen LogP contribution in [-0.2, 0) is 28.6 Å². The van der Waals surface area contributed by atoms with E-state index in [1.165, 1.54) is 334 Å². The summed E-state index contributed by atoms with van der Waals surface area (Å²) in [6.45, 7) is 11.2. The molecular weight excluding hydrogens is 949 g/mol. The molecule has 0 heterocycles. The van der Waals surface area contributed by atoms with Gasteiger partial charge in [-0.15, -0.1) is 0 Å². The molecule has 77 heavy (non-hydrogen) atoms. The van der Waals surface area contributed by atoms with E-state index in [0.29, 0.717) is 25.9 Å². The summed E-state index contributed by atoms with van der Waals surface area (Å²) in [7, 11) is 0. The summed E-state index contributed by atoms with van der Waals surface area (Å²) >= 11 is 0. The summed E-state index contributed by atoms with van der Waals surface area (Å²) < 4.78 is 15.8. The lowest BCUT2D eigenvalue weighted by atomic mass is 10.0. The molecule has 1 unspecified atom stereocenters. The minimum Gasteiger partial charge on any atom is -0.466 e. The fraction of sp³-hybridized carbons (Fsp3) is 0.958. The van der Waals surface area contributed by atoms with Crippen LogP contribution in [0.5, 0.6) is 0 Å². The lowest BCUT2D eigenvalue weighted by Crippen LogP contribution is -2.22. The largest absolute Gasteiger partial charge is 0.466 e. The van der Waals surface area contributed by atoms with Gasteiger partial charge < -0.3 is 14.2 Å². The molecule has 1 atom stereocenters. The summed E-state index contributed by atoms with van der Waals surface area (Å²) in [5.41, 5.74) is 0. The summed E-state index contributed by atoms with van der Waals surface area (Å²) in [5, 5.41) is 0. The van der Waals surface area contributed by atoms with Crippen molar-refractivity contribution >= 4 is 17.9 Å². The van der Waals surface area contributed by atoms with E-state index in [0.717, 1.165) is 32.1 Å². The van der Waals surface area contributed by atoms with Gasteiger partial charge in [0, 0.05) is 19.3 Å². The monoisotopic (exact) mass is 1090 g/mol. The zero-order valence-corrected chi connectivity index (χ0v) is 53.4. The first-order chi connectivity index (χ1) is 37.9. The van der Waals surface area contributed by atoms with E-state index >= 15 is 0 Å². The molecule has 0 aliphatic rings. The second-order valence-corrected chi connectivity index (χ2v) is 24.1. The highest BCUT2D eigenvalue weighted by Crippen LogP contribution is 2.19. The Kier molecular flexibility index (Phi) is 71.0. The zero-order chi connectivity index (χ0) is 56.3. The highest BCUT2D eigenvalue weighted by molar-refractivity contribution is 5.70. The van der Waals surface area contributed by atoms with Gasteiger partial charge >= 0.3 is 17.9 Å². The number of rotatable bonds is 64. The number of carbonyl (C=O) groups excluding carboxylic acids is 3. The molecule has 0 amide bonds. The molecule has 0 aromatic carbocycles. The van der Waals surface area contributed by atoms with Crippen molar-refractivity contribution in [1.82, 2.24) is 0 Å². The van der Waals surface area contributed by atoms with Gasteiger partial charge in [0.05, 0.1) is 6.61 Å². The number of unbranched alkanes of at least 4 members (excludes halogenated alkanes) is 54. The number of hydrogen-bond acceptors (Lipinski definition) is 6. The Morgan fingerprint density at radius 1 is 0.234 bits per heavy atom. The SMILES string of the molecule is CCCCCCCCCCCCCCCCCCCCCC(=O)OCC.CCCCCCCCCCCCCCCCCCCCCC(=O)OCC(C)OC(=O)CCCCCCCCCCCCCCCCCCCCC. The molecule has 0 saturated carbocycles. The van der Waals surface area contributed by atoms with E-state index < -0.39 is 0 Å². The van der Waals surface area contributed by atoms with Crippen LogP contribution in [0.4, 0.5) is 0 Å². The zero-order valence-electron chi connectivity index (χ0n) is 53.4. The van der Waals surface area contributed by atoms with Crippen molar-refractivity contribution in [3.63, 3.8) is 0 Å². The normalized spacial score (nSPS) is 11.6. The molecule has 6 heteroatoms. The Balaban J connectivity index is 0. The van der Waals surface area contributed by atoms with Crippen LogP contribution in [0, 0.1) is 0 Å². The van der Waals surface area contributed by atoms with Crippen molar-refractivity contribution in [2.24, 2.45) is 0 Å². The third kappa shape index (κ3) is 72.4. The molecule has 0 fully saturated rings. The van der Waals surface area contributed by atoms with Crippen molar-refractivity contribution < 1.29 is 28.6 Å².